The van der Waals surface area contributed by atoms with Gasteiger partial charge in [-0.25, -0.2) is 18.7 Å². The van der Waals surface area contributed by atoms with E-state index in [1.54, 1.807) is 13.2 Å². The van der Waals surface area contributed by atoms with Crippen molar-refractivity contribution in [1.29, 1.82) is 0 Å². The third-order valence-electron chi connectivity index (χ3n) is 17.6. The molecule has 16 heteroatoms. The number of rotatable bonds is 18. The largest absolute Gasteiger partial charge is 0.508 e. The number of aryl methyl sites for hydroxylation is 1. The Morgan fingerprint density at radius 2 is 1.58 bits per heavy atom. The highest BCUT2D eigenvalue weighted by atomic mass is 19.1. The number of nitrogens with one attached hydrogen (secondary N) is 2. The lowest BCUT2D eigenvalue weighted by Gasteiger charge is -2.40. The molecule has 3 unspecified atom stereocenters. The number of anilines is 4. The van der Waals surface area contributed by atoms with E-state index in [1.165, 1.54) is 94.5 Å². The van der Waals surface area contributed by atoms with Crippen molar-refractivity contribution >= 4 is 56.7 Å². The number of aromatic nitrogens is 3. The van der Waals surface area contributed by atoms with Gasteiger partial charge in [0, 0.05) is 109 Å². The Labute approximate surface area is 447 Å². The van der Waals surface area contributed by atoms with Gasteiger partial charge in [-0.05, 0) is 163 Å². The molecule has 14 nitrogen and oxygen atoms in total. The summed E-state index contributed by atoms with van der Waals surface area (Å²) in [7, 11) is 7.65. The number of piperidine rings is 3. The van der Waals surface area contributed by atoms with E-state index in [0.717, 1.165) is 94.6 Å². The molecule has 2 aromatic heterocycles. The van der Waals surface area contributed by atoms with Crippen molar-refractivity contribution in [1.82, 2.24) is 35.4 Å². The number of likely N-dealkylation sites (tertiary alicyclic amines) is 2. The molecule has 0 aliphatic carbocycles. The highest BCUT2D eigenvalue weighted by Gasteiger charge is 2.35. The molecule has 5 aliphatic heterocycles. The summed E-state index contributed by atoms with van der Waals surface area (Å²) < 4.78 is 32.1. The van der Waals surface area contributed by atoms with Crippen molar-refractivity contribution in [2.45, 2.75) is 102 Å². The second-order valence-electron chi connectivity index (χ2n) is 22.7. The molecule has 404 valence electrons. The summed E-state index contributed by atoms with van der Waals surface area (Å²) >= 11 is 0. The first kappa shape index (κ1) is 53.3. The van der Waals surface area contributed by atoms with Crippen LogP contribution < -0.4 is 30.2 Å². The summed E-state index contributed by atoms with van der Waals surface area (Å²) in [4.78, 5) is 52.8. The number of phenolic OH excluding ortho intramolecular Hbond substituents is 1. The van der Waals surface area contributed by atoms with Crippen LogP contribution in [0.15, 0.2) is 48.7 Å². The van der Waals surface area contributed by atoms with E-state index in [1.807, 2.05) is 26.0 Å². The molecule has 3 N–H and O–H groups in total. The second-order valence-corrected chi connectivity index (χ2v) is 22.7. The van der Waals surface area contributed by atoms with Gasteiger partial charge in [0.05, 0.1) is 28.4 Å². The Bertz CT molecular complexity index is 2910. The molecule has 1 amide bonds. The molecule has 5 saturated heterocycles. The van der Waals surface area contributed by atoms with E-state index in [9.17, 15) is 14.7 Å². The minimum atomic E-state index is -0.642. The third-order valence-corrected chi connectivity index (χ3v) is 17.6. The second kappa shape index (κ2) is 23.6. The molecule has 0 radical (unpaired) electrons. The lowest BCUT2D eigenvalue weighted by Crippen LogP contribution is -2.51. The summed E-state index contributed by atoms with van der Waals surface area (Å²) in [5.74, 6) is 4.61. The molecule has 0 saturated carbocycles. The predicted molar refractivity (Wildman–Crippen MR) is 300 cm³/mol. The van der Waals surface area contributed by atoms with Crippen molar-refractivity contribution in [3.63, 3.8) is 0 Å². The Kier molecular flexibility index (Phi) is 16.5. The number of benzene rings is 3. The molecule has 3 aromatic carbocycles. The molecular weight excluding hydrogens is 961 g/mol. The highest BCUT2D eigenvalue weighted by Crippen LogP contribution is 2.40. The van der Waals surface area contributed by atoms with Gasteiger partial charge in [-0.1, -0.05) is 12.0 Å². The third kappa shape index (κ3) is 11.7. The van der Waals surface area contributed by atoms with Gasteiger partial charge in [-0.3, -0.25) is 9.78 Å². The Morgan fingerprint density at radius 1 is 0.882 bits per heavy atom. The number of terminal acetylenes is 1. The van der Waals surface area contributed by atoms with Gasteiger partial charge in [-0.15, -0.1) is 6.42 Å². The smallest absolute Gasteiger partial charge is 0.219 e. The predicted octanol–water partition coefficient (Wildman–Crippen LogP) is 8.01. The maximum atomic E-state index is 17.1. The van der Waals surface area contributed by atoms with Gasteiger partial charge in [0.25, 0.3) is 0 Å². The number of piperazine rings is 1. The average molecular weight is 1040 g/mol. The zero-order valence-electron chi connectivity index (χ0n) is 45.0. The van der Waals surface area contributed by atoms with Crippen molar-refractivity contribution < 1.29 is 23.5 Å². The lowest BCUT2D eigenvalue weighted by atomic mass is 9.82. The van der Waals surface area contributed by atoms with Crippen LogP contribution in [0.5, 0.6) is 5.75 Å². The van der Waals surface area contributed by atoms with Crippen LogP contribution >= 0.6 is 0 Å². The summed E-state index contributed by atoms with van der Waals surface area (Å²) in [5, 5.41) is 18.4. The summed E-state index contributed by atoms with van der Waals surface area (Å²) in [5.41, 5.74) is 3.61. The van der Waals surface area contributed by atoms with Crippen molar-refractivity contribution in [3.05, 3.63) is 71.7 Å². The Balaban J connectivity index is 0.697. The van der Waals surface area contributed by atoms with E-state index in [2.05, 4.69) is 64.2 Å². The van der Waals surface area contributed by atoms with Gasteiger partial charge >= 0.3 is 0 Å². The molecular formula is C60H77F2N11O3. The van der Waals surface area contributed by atoms with Crippen LogP contribution in [0.4, 0.5) is 31.7 Å². The number of amides is 1. The van der Waals surface area contributed by atoms with E-state index >= 15 is 8.78 Å². The fourth-order valence-corrected chi connectivity index (χ4v) is 13.2. The minimum Gasteiger partial charge on any atom is -0.508 e. The SMILES string of the molecule is C#Cc1c(F)ccc2cc(O)cc(-c3ncc4c(N5CC6CCC(C5)N6)nc(CCCN5CCC(CC6CCN(CC7CCN(c8ccc(N(C)C(C=O)CCC(=O)NC)c(N(C)C)c8)CC7)CC6)CC5)nc4c3F)c12. The number of hydrogen-bond donors (Lipinski definition) is 3. The summed E-state index contributed by atoms with van der Waals surface area (Å²) in [6.45, 7) is 10.3. The lowest BCUT2D eigenvalue weighted by molar-refractivity contribution is -0.120. The molecule has 7 heterocycles. The summed E-state index contributed by atoms with van der Waals surface area (Å²) in [6, 6.07) is 12.6. The maximum Gasteiger partial charge on any atom is 0.219 e. The van der Waals surface area contributed by atoms with E-state index in [4.69, 9.17) is 16.4 Å². The van der Waals surface area contributed by atoms with Gasteiger partial charge in [0.15, 0.2) is 5.82 Å². The van der Waals surface area contributed by atoms with Crippen LogP contribution in [-0.2, 0) is 16.0 Å². The maximum absolute atomic E-state index is 17.1. The molecule has 5 aromatic rings. The van der Waals surface area contributed by atoms with E-state index in [0.29, 0.717) is 65.1 Å². The number of carbonyl (C=O) groups is 2. The number of carbonyl (C=O) groups excluding carboxylic acids is 2. The van der Waals surface area contributed by atoms with Gasteiger partial charge < -0.3 is 49.9 Å². The molecule has 10 rings (SSSR count). The number of pyridine rings is 1. The van der Waals surface area contributed by atoms with Gasteiger partial charge in [0.2, 0.25) is 5.91 Å². The molecule has 5 fully saturated rings. The van der Waals surface area contributed by atoms with Crippen molar-refractivity contribution in [2.75, 3.05) is 113 Å². The fraction of sp³-hybridized carbons (Fsp3) is 0.550. The Hall–Kier alpha value is -6.15. The van der Waals surface area contributed by atoms with Crippen LogP contribution in [0.3, 0.4) is 0 Å². The number of aromatic hydroxyl groups is 1. The normalized spacial score (nSPS) is 20.5. The van der Waals surface area contributed by atoms with Gasteiger partial charge in [0.1, 0.15) is 40.7 Å². The molecule has 3 atom stereocenters. The average Bonchev–Trinajstić information content (AvgIpc) is 3.79. The van der Waals surface area contributed by atoms with Crippen LogP contribution in [0.25, 0.3) is 32.9 Å². The number of nitrogens with zero attached hydrogens (tertiary/aromatic N) is 9. The van der Waals surface area contributed by atoms with Crippen LogP contribution in [-0.4, -0.2) is 154 Å². The number of likely N-dealkylation sites (N-methyl/N-ethyl adjacent to an activating group) is 1. The molecule has 0 spiro atoms. The zero-order chi connectivity index (χ0) is 53.0. The Morgan fingerprint density at radius 3 is 2.25 bits per heavy atom. The van der Waals surface area contributed by atoms with Crippen molar-refractivity contribution in [2.24, 2.45) is 17.8 Å². The fourth-order valence-electron chi connectivity index (χ4n) is 13.2. The molecule has 2 bridgehead atoms. The van der Waals surface area contributed by atoms with Crippen LogP contribution in [0, 0.1) is 41.7 Å². The van der Waals surface area contributed by atoms with Crippen LogP contribution in [0.1, 0.15) is 88.4 Å². The number of hydrogen-bond acceptors (Lipinski definition) is 13. The molecule has 76 heavy (non-hydrogen) atoms. The van der Waals surface area contributed by atoms with Gasteiger partial charge in [-0.2, -0.15) is 0 Å². The zero-order valence-corrected chi connectivity index (χ0v) is 45.0. The molecule has 5 aliphatic rings. The first-order valence-corrected chi connectivity index (χ1v) is 28.0. The summed E-state index contributed by atoms with van der Waals surface area (Å²) in [6.07, 6.45) is 21.5. The standard InChI is InChI=1S/C60H77F2N11O3/c1-6-48-51(61)14-9-42-31-47(75)33-49(56(42)48)58-57(62)59-50(34-64-58)60(73-36-43-10-11-44(37-73)65-43)67-54(66-59)8-7-23-70-24-17-39(18-25-70)30-40-19-26-71(27-20-40)35-41-21-28-72(29-22-41)45-12-15-52(53(32-45)68(3)4)69(5)46(38-74)13-16-55(76)63-2/h1,9,12,14-15,31-34,38-41,43-44,46,65,75H,7-8,10-11,13,16-30,35-37H2,2-5H3,(H,63,76). The first-order valence-electron chi connectivity index (χ1n) is 28.0. The highest BCUT2D eigenvalue weighted by molar-refractivity contribution is 6.03. The van der Waals surface area contributed by atoms with Crippen LogP contribution in [0.2, 0.25) is 0 Å². The number of phenols is 1. The minimum absolute atomic E-state index is 0.00591. The monoisotopic (exact) mass is 1040 g/mol. The number of aldehydes is 1. The van der Waals surface area contributed by atoms with E-state index in [-0.39, 0.29) is 40.0 Å². The van der Waals surface area contributed by atoms with E-state index < -0.39 is 11.6 Å². The number of halogens is 2. The topological polar surface area (TPSA) is 137 Å². The first-order chi connectivity index (χ1) is 36.9. The quantitative estimate of drug-likeness (QED) is 0.0579. The number of fused-ring (bicyclic) bond motifs is 4. The van der Waals surface area contributed by atoms with Crippen molar-refractivity contribution in [3.8, 4) is 29.4 Å².